The lowest BCUT2D eigenvalue weighted by Gasteiger charge is -2.26. The molecule has 1 heterocycles. The van der Waals surface area contributed by atoms with Gasteiger partial charge >= 0.3 is 0 Å². The van der Waals surface area contributed by atoms with Gasteiger partial charge in [0.25, 0.3) is 0 Å². The summed E-state index contributed by atoms with van der Waals surface area (Å²) in [7, 11) is 0. The molecule has 0 bridgehead atoms. The molecule has 0 radical (unpaired) electrons. The molecule has 2 aromatic carbocycles. The minimum Gasteiger partial charge on any atom is -0.313 e. The van der Waals surface area contributed by atoms with Crippen LogP contribution < -0.4 is 4.90 Å². The zero-order chi connectivity index (χ0) is 18.6. The third kappa shape index (κ3) is 3.30. The van der Waals surface area contributed by atoms with E-state index >= 15 is 0 Å². The molecule has 1 heteroatoms. The summed E-state index contributed by atoms with van der Waals surface area (Å²) in [6.07, 6.45) is 14.9. The molecule has 0 saturated carbocycles. The van der Waals surface area contributed by atoms with Crippen molar-refractivity contribution < 1.29 is 0 Å². The summed E-state index contributed by atoms with van der Waals surface area (Å²) in [6, 6.07) is 19.6. The van der Waals surface area contributed by atoms with Crippen LogP contribution in [0, 0.1) is 0 Å². The van der Waals surface area contributed by atoms with Crippen LogP contribution in [0.2, 0.25) is 0 Å². The number of hydrogen-bond donors (Lipinski definition) is 0. The van der Waals surface area contributed by atoms with Crippen molar-refractivity contribution >= 4 is 11.4 Å². The summed E-state index contributed by atoms with van der Waals surface area (Å²) in [6.45, 7) is 4.33. The third-order valence-corrected chi connectivity index (χ3v) is 5.39. The Hall–Kier alpha value is -2.80. The maximum Gasteiger partial charge on any atom is 0.0497 e. The van der Waals surface area contributed by atoms with Crippen molar-refractivity contribution in [1.82, 2.24) is 0 Å². The highest BCUT2D eigenvalue weighted by molar-refractivity contribution is 5.79. The Bertz CT molecular complexity index is 928. The molecule has 4 rings (SSSR count). The van der Waals surface area contributed by atoms with Crippen molar-refractivity contribution in [3.8, 4) is 0 Å². The fraction of sp³-hybridized carbons (Fsp3) is 0.231. The number of nitrogens with zero attached hydrogens (tertiary/aromatic N) is 1. The molecule has 0 N–H and O–H groups in total. The van der Waals surface area contributed by atoms with E-state index in [1.807, 2.05) is 0 Å². The lowest BCUT2D eigenvalue weighted by molar-refractivity contribution is 0.812. The number of allylic oxidation sites excluding steroid dienone is 8. The second-order valence-corrected chi connectivity index (χ2v) is 7.19. The Balaban J connectivity index is 1.80. The molecule has 1 unspecified atom stereocenters. The molecule has 1 aliphatic heterocycles. The zero-order valence-electron chi connectivity index (χ0n) is 16.2. The lowest BCUT2D eigenvalue weighted by atomic mass is 9.87. The zero-order valence-corrected chi connectivity index (χ0v) is 16.2. The van der Waals surface area contributed by atoms with Crippen LogP contribution in [0.3, 0.4) is 0 Å². The molecule has 27 heavy (non-hydrogen) atoms. The minimum absolute atomic E-state index is 0.447. The highest BCUT2D eigenvalue weighted by Crippen LogP contribution is 2.51. The van der Waals surface area contributed by atoms with Crippen LogP contribution in [0.4, 0.5) is 11.4 Å². The van der Waals surface area contributed by atoms with E-state index in [0.717, 1.165) is 12.8 Å². The van der Waals surface area contributed by atoms with Crippen molar-refractivity contribution in [3.05, 3.63) is 107 Å². The van der Waals surface area contributed by atoms with E-state index in [0.29, 0.717) is 5.92 Å². The summed E-state index contributed by atoms with van der Waals surface area (Å²) in [5.41, 5.74) is 8.08. The Morgan fingerprint density at radius 3 is 2.63 bits per heavy atom. The Morgan fingerprint density at radius 1 is 1.07 bits per heavy atom. The van der Waals surface area contributed by atoms with Gasteiger partial charge in [-0.05, 0) is 60.8 Å². The Kier molecular flexibility index (Phi) is 5.11. The Labute approximate surface area is 163 Å². The molecular formula is C26H27N. The molecule has 136 valence electrons. The first-order chi connectivity index (χ1) is 13.3. The van der Waals surface area contributed by atoms with Gasteiger partial charge in [-0.25, -0.2) is 0 Å². The van der Waals surface area contributed by atoms with Gasteiger partial charge in [-0.2, -0.15) is 0 Å². The second kappa shape index (κ2) is 7.84. The molecule has 1 atom stereocenters. The quantitative estimate of drug-likeness (QED) is 0.505. The van der Waals surface area contributed by atoms with Crippen LogP contribution in [0.5, 0.6) is 0 Å². The van der Waals surface area contributed by atoms with Gasteiger partial charge in [0.05, 0.1) is 0 Å². The van der Waals surface area contributed by atoms with E-state index in [4.69, 9.17) is 0 Å². The Morgan fingerprint density at radius 2 is 1.85 bits per heavy atom. The molecule has 2 aliphatic rings. The maximum absolute atomic E-state index is 2.44. The van der Waals surface area contributed by atoms with Crippen molar-refractivity contribution in [2.24, 2.45) is 0 Å². The van der Waals surface area contributed by atoms with Gasteiger partial charge in [-0.3, -0.25) is 0 Å². The summed E-state index contributed by atoms with van der Waals surface area (Å²) in [4.78, 5) is 2.44. The molecule has 0 saturated heterocycles. The molecule has 0 amide bonds. The monoisotopic (exact) mass is 353 g/mol. The first-order valence-corrected chi connectivity index (χ1v) is 10.0. The number of rotatable bonds is 5. The summed E-state index contributed by atoms with van der Waals surface area (Å²) in [5, 5.41) is 0. The normalized spacial score (nSPS) is 19.0. The summed E-state index contributed by atoms with van der Waals surface area (Å²) >= 11 is 0. The molecule has 0 spiro atoms. The third-order valence-electron chi connectivity index (χ3n) is 5.39. The topological polar surface area (TPSA) is 3.24 Å². The van der Waals surface area contributed by atoms with Crippen molar-refractivity contribution in [1.29, 1.82) is 0 Å². The second-order valence-electron chi connectivity index (χ2n) is 7.19. The van der Waals surface area contributed by atoms with Crippen LogP contribution >= 0.6 is 0 Å². The van der Waals surface area contributed by atoms with Gasteiger partial charge in [-0.1, -0.05) is 74.0 Å². The van der Waals surface area contributed by atoms with E-state index in [-0.39, 0.29) is 0 Å². The number of hydrogen-bond acceptors (Lipinski definition) is 1. The molecule has 2 aromatic rings. The predicted octanol–water partition coefficient (Wildman–Crippen LogP) is 7.44. The van der Waals surface area contributed by atoms with Gasteiger partial charge in [0, 0.05) is 23.0 Å². The molecule has 1 aliphatic carbocycles. The molecule has 1 nitrogen and oxygen atoms in total. The van der Waals surface area contributed by atoms with Crippen LogP contribution in [0.15, 0.2) is 102 Å². The fourth-order valence-electron chi connectivity index (χ4n) is 4.14. The SMILES string of the molecule is C/C=C\C(=C/CCC)C1=CCC2C(=C1)N(c1ccccc1)c1ccccc12. The van der Waals surface area contributed by atoms with Gasteiger partial charge in [0.15, 0.2) is 0 Å². The van der Waals surface area contributed by atoms with Crippen molar-refractivity contribution in [2.45, 2.75) is 39.0 Å². The number of fused-ring (bicyclic) bond motifs is 3. The van der Waals surface area contributed by atoms with E-state index in [9.17, 15) is 0 Å². The van der Waals surface area contributed by atoms with E-state index in [1.54, 1.807) is 0 Å². The smallest absolute Gasteiger partial charge is 0.0497 e. The van der Waals surface area contributed by atoms with Gasteiger partial charge in [0.2, 0.25) is 0 Å². The van der Waals surface area contributed by atoms with Crippen LogP contribution in [-0.4, -0.2) is 0 Å². The number of unbranched alkanes of at least 4 members (excludes halogenated alkanes) is 1. The van der Waals surface area contributed by atoms with E-state index < -0.39 is 0 Å². The van der Waals surface area contributed by atoms with E-state index in [1.165, 1.54) is 40.2 Å². The summed E-state index contributed by atoms with van der Waals surface area (Å²) < 4.78 is 0. The highest BCUT2D eigenvalue weighted by atomic mass is 15.2. The van der Waals surface area contributed by atoms with Crippen LogP contribution in [-0.2, 0) is 0 Å². The van der Waals surface area contributed by atoms with Crippen molar-refractivity contribution in [3.63, 3.8) is 0 Å². The van der Waals surface area contributed by atoms with Gasteiger partial charge in [-0.15, -0.1) is 0 Å². The number of anilines is 2. The standard InChI is InChI=1S/C26H27N/c1-3-5-12-20(11-4-2)21-17-18-24-23-15-9-10-16-25(23)27(26(24)19-21)22-13-7-6-8-14-22/h4,6-17,19,24H,3,5,18H2,1-2H3/b11-4-,20-12+. The first-order valence-electron chi connectivity index (χ1n) is 10.0. The average molecular weight is 354 g/mol. The van der Waals surface area contributed by atoms with Crippen molar-refractivity contribution in [2.75, 3.05) is 4.90 Å². The molecule has 0 aromatic heterocycles. The largest absolute Gasteiger partial charge is 0.313 e. The van der Waals surface area contributed by atoms with Gasteiger partial charge < -0.3 is 4.90 Å². The average Bonchev–Trinajstić information content (AvgIpc) is 3.05. The highest BCUT2D eigenvalue weighted by Gasteiger charge is 2.35. The fourth-order valence-corrected chi connectivity index (χ4v) is 4.14. The van der Waals surface area contributed by atoms with Crippen LogP contribution in [0.25, 0.3) is 0 Å². The summed E-state index contributed by atoms with van der Waals surface area (Å²) in [5.74, 6) is 0.447. The van der Waals surface area contributed by atoms with E-state index in [2.05, 4.69) is 104 Å². The minimum atomic E-state index is 0.447. The lowest BCUT2D eigenvalue weighted by Crippen LogP contribution is -2.15. The van der Waals surface area contributed by atoms with Crippen LogP contribution in [0.1, 0.15) is 44.6 Å². The maximum atomic E-state index is 2.44. The first kappa shape index (κ1) is 17.6. The molecule has 0 fully saturated rings. The van der Waals surface area contributed by atoms with Gasteiger partial charge in [0.1, 0.15) is 0 Å². The predicted molar refractivity (Wildman–Crippen MR) is 116 cm³/mol. The number of benzene rings is 2. The number of para-hydroxylation sites is 2. The molecular weight excluding hydrogens is 326 g/mol.